The fourth-order valence-corrected chi connectivity index (χ4v) is 4.12. The van der Waals surface area contributed by atoms with Crippen molar-refractivity contribution in [1.29, 1.82) is 0 Å². The van der Waals surface area contributed by atoms with E-state index in [0.717, 1.165) is 28.0 Å². The van der Waals surface area contributed by atoms with E-state index < -0.39 is 5.91 Å². The molecule has 0 radical (unpaired) electrons. The first kappa shape index (κ1) is 20.7. The summed E-state index contributed by atoms with van der Waals surface area (Å²) >= 11 is 1.59. The van der Waals surface area contributed by atoms with Crippen LogP contribution in [0.3, 0.4) is 0 Å². The zero-order valence-corrected chi connectivity index (χ0v) is 17.9. The number of thioether (sulfide) groups is 1. The molecule has 0 bridgehead atoms. The summed E-state index contributed by atoms with van der Waals surface area (Å²) < 4.78 is 7.37. The molecule has 0 fully saturated rings. The number of hydrogen-bond donors (Lipinski definition) is 1. The number of carbonyl (C=O) groups is 1. The Morgan fingerprint density at radius 2 is 1.65 bits per heavy atom. The van der Waals surface area contributed by atoms with E-state index >= 15 is 0 Å². The molecule has 0 aliphatic carbocycles. The minimum absolute atomic E-state index is 0.427. The van der Waals surface area contributed by atoms with E-state index in [-0.39, 0.29) is 0 Å². The minimum atomic E-state index is -0.427. The summed E-state index contributed by atoms with van der Waals surface area (Å²) in [5.41, 5.74) is 9.04. The second kappa shape index (κ2) is 9.49. The zero-order chi connectivity index (χ0) is 21.6. The maximum Gasteiger partial charge on any atom is 0.248 e. The van der Waals surface area contributed by atoms with Gasteiger partial charge in [-0.2, -0.15) is 0 Å². The van der Waals surface area contributed by atoms with Crippen LogP contribution in [-0.4, -0.2) is 27.8 Å². The van der Waals surface area contributed by atoms with Gasteiger partial charge in [-0.15, -0.1) is 10.2 Å². The van der Waals surface area contributed by atoms with E-state index in [2.05, 4.69) is 26.9 Å². The van der Waals surface area contributed by atoms with Crippen LogP contribution in [0.2, 0.25) is 0 Å². The van der Waals surface area contributed by atoms with Gasteiger partial charge in [0.25, 0.3) is 0 Å². The van der Waals surface area contributed by atoms with Gasteiger partial charge in [-0.3, -0.25) is 9.36 Å². The van der Waals surface area contributed by atoms with Crippen molar-refractivity contribution in [2.75, 3.05) is 7.11 Å². The number of nitrogens with two attached hydrogens (primary N) is 1. The lowest BCUT2D eigenvalue weighted by molar-refractivity contribution is 0.100. The van der Waals surface area contributed by atoms with Gasteiger partial charge >= 0.3 is 0 Å². The van der Waals surface area contributed by atoms with Crippen molar-refractivity contribution in [2.24, 2.45) is 5.73 Å². The van der Waals surface area contributed by atoms with Crippen molar-refractivity contribution in [2.45, 2.75) is 17.3 Å². The van der Waals surface area contributed by atoms with Crippen LogP contribution < -0.4 is 10.5 Å². The van der Waals surface area contributed by atoms with Crippen LogP contribution in [0.5, 0.6) is 5.75 Å². The van der Waals surface area contributed by atoms with Crippen molar-refractivity contribution in [1.82, 2.24) is 14.8 Å². The Morgan fingerprint density at radius 1 is 0.935 bits per heavy atom. The second-order valence-electron chi connectivity index (χ2n) is 6.94. The van der Waals surface area contributed by atoms with Crippen LogP contribution in [0, 0.1) is 0 Å². The number of rotatable bonds is 8. The van der Waals surface area contributed by atoms with Gasteiger partial charge in [0, 0.05) is 23.4 Å². The fourth-order valence-electron chi connectivity index (χ4n) is 3.19. The van der Waals surface area contributed by atoms with Crippen LogP contribution in [0.4, 0.5) is 0 Å². The van der Waals surface area contributed by atoms with Crippen LogP contribution >= 0.6 is 11.8 Å². The van der Waals surface area contributed by atoms with Gasteiger partial charge in [-0.25, -0.2) is 0 Å². The molecular weight excluding hydrogens is 408 g/mol. The third kappa shape index (κ3) is 4.95. The van der Waals surface area contributed by atoms with Crippen LogP contribution in [-0.2, 0) is 12.2 Å². The molecule has 6 nitrogen and oxygen atoms in total. The van der Waals surface area contributed by atoms with Crippen LogP contribution in [0.15, 0.2) is 84.0 Å². The molecule has 2 N–H and O–H groups in total. The molecule has 1 amide bonds. The summed E-state index contributed by atoms with van der Waals surface area (Å²) in [4.78, 5) is 11.3. The molecule has 4 aromatic rings. The van der Waals surface area contributed by atoms with E-state index in [0.29, 0.717) is 17.7 Å². The highest BCUT2D eigenvalue weighted by Gasteiger charge is 2.15. The SMILES string of the molecule is COc1ccc(-n2c(Cc3ccccc3)nnc2SCc2ccc(C(N)=O)cc2)cc1. The third-order valence-corrected chi connectivity index (χ3v) is 5.84. The molecule has 3 aromatic carbocycles. The lowest BCUT2D eigenvalue weighted by atomic mass is 10.1. The van der Waals surface area contributed by atoms with E-state index in [1.165, 1.54) is 5.56 Å². The van der Waals surface area contributed by atoms with Gasteiger partial charge in [0.2, 0.25) is 5.91 Å². The monoisotopic (exact) mass is 430 g/mol. The standard InChI is InChI=1S/C24H22N4O2S/c1-30-21-13-11-20(12-14-21)28-22(15-17-5-3-2-4-6-17)26-27-24(28)31-16-18-7-9-19(10-8-18)23(25)29/h2-14H,15-16H2,1H3,(H2,25,29). The number of amides is 1. The van der Waals surface area contributed by atoms with Gasteiger partial charge < -0.3 is 10.5 Å². The first-order chi connectivity index (χ1) is 15.1. The van der Waals surface area contributed by atoms with Crippen molar-refractivity contribution in [3.8, 4) is 11.4 Å². The molecule has 1 aromatic heterocycles. The van der Waals surface area contributed by atoms with Crippen LogP contribution in [0.25, 0.3) is 5.69 Å². The Balaban J connectivity index is 1.62. The fraction of sp³-hybridized carbons (Fsp3) is 0.125. The molecule has 0 saturated carbocycles. The number of hydrogen-bond acceptors (Lipinski definition) is 5. The molecule has 0 spiro atoms. The molecule has 4 rings (SSSR count). The number of ether oxygens (including phenoxy) is 1. The Labute approximate surface area is 185 Å². The maximum atomic E-state index is 11.3. The van der Waals surface area contributed by atoms with E-state index in [4.69, 9.17) is 10.5 Å². The third-order valence-electron chi connectivity index (χ3n) is 4.84. The highest BCUT2D eigenvalue weighted by Crippen LogP contribution is 2.27. The van der Waals surface area contributed by atoms with Gasteiger partial charge in [-0.05, 0) is 47.5 Å². The predicted molar refractivity (Wildman–Crippen MR) is 122 cm³/mol. The lowest BCUT2D eigenvalue weighted by Gasteiger charge is -2.11. The van der Waals surface area contributed by atoms with E-state index in [1.807, 2.05) is 54.6 Å². The Bertz CT molecular complexity index is 1160. The molecular formula is C24H22N4O2S. The molecule has 1 heterocycles. The Hall–Kier alpha value is -3.58. The van der Waals surface area contributed by atoms with Crippen molar-refractivity contribution >= 4 is 17.7 Å². The zero-order valence-electron chi connectivity index (χ0n) is 17.1. The van der Waals surface area contributed by atoms with Crippen LogP contribution in [0.1, 0.15) is 27.3 Å². The highest BCUT2D eigenvalue weighted by atomic mass is 32.2. The summed E-state index contributed by atoms with van der Waals surface area (Å²) in [6, 6.07) is 25.4. The lowest BCUT2D eigenvalue weighted by Crippen LogP contribution is -2.10. The van der Waals surface area contributed by atoms with Crippen molar-refractivity contribution in [3.05, 3.63) is 101 Å². The van der Waals surface area contributed by atoms with Gasteiger partial charge in [0.05, 0.1) is 7.11 Å². The molecule has 0 atom stereocenters. The normalized spacial score (nSPS) is 10.7. The topological polar surface area (TPSA) is 83.0 Å². The number of nitrogens with zero attached hydrogens (tertiary/aromatic N) is 3. The molecule has 0 aliphatic rings. The van der Waals surface area contributed by atoms with Gasteiger partial charge in [-0.1, -0.05) is 54.2 Å². The van der Waals surface area contributed by atoms with E-state index in [1.54, 1.807) is 31.0 Å². The number of carbonyl (C=O) groups excluding carboxylic acids is 1. The average molecular weight is 431 g/mol. The number of aromatic nitrogens is 3. The number of methoxy groups -OCH3 is 1. The Kier molecular flexibility index (Phi) is 6.33. The average Bonchev–Trinajstić information content (AvgIpc) is 3.21. The molecule has 31 heavy (non-hydrogen) atoms. The van der Waals surface area contributed by atoms with Gasteiger partial charge in [0.15, 0.2) is 5.16 Å². The molecule has 0 saturated heterocycles. The Morgan fingerprint density at radius 3 is 2.29 bits per heavy atom. The summed E-state index contributed by atoms with van der Waals surface area (Å²) in [7, 11) is 1.65. The van der Waals surface area contributed by atoms with Gasteiger partial charge in [0.1, 0.15) is 11.6 Å². The largest absolute Gasteiger partial charge is 0.497 e. The minimum Gasteiger partial charge on any atom is -0.497 e. The molecule has 156 valence electrons. The summed E-state index contributed by atoms with van der Waals surface area (Å²) in [5.74, 6) is 1.93. The number of primary amides is 1. The highest BCUT2D eigenvalue weighted by molar-refractivity contribution is 7.98. The first-order valence-corrected chi connectivity index (χ1v) is 10.8. The van der Waals surface area contributed by atoms with Crippen molar-refractivity contribution < 1.29 is 9.53 Å². The maximum absolute atomic E-state index is 11.3. The summed E-state index contributed by atoms with van der Waals surface area (Å²) in [6.07, 6.45) is 0.674. The number of benzene rings is 3. The molecule has 0 unspecified atom stereocenters. The smallest absolute Gasteiger partial charge is 0.248 e. The predicted octanol–water partition coefficient (Wildman–Crippen LogP) is 4.26. The first-order valence-electron chi connectivity index (χ1n) is 9.78. The molecule has 7 heteroatoms. The quantitative estimate of drug-likeness (QED) is 0.422. The summed E-state index contributed by atoms with van der Waals surface area (Å²) in [5, 5.41) is 9.74. The molecule has 0 aliphatic heterocycles. The second-order valence-corrected chi connectivity index (χ2v) is 7.89. The van der Waals surface area contributed by atoms with Crippen molar-refractivity contribution in [3.63, 3.8) is 0 Å². The van der Waals surface area contributed by atoms with E-state index in [9.17, 15) is 4.79 Å². The summed E-state index contributed by atoms with van der Waals surface area (Å²) in [6.45, 7) is 0.